The van der Waals surface area contributed by atoms with E-state index in [1.54, 1.807) is 6.07 Å². The number of benzene rings is 1. The van der Waals surface area contributed by atoms with Gasteiger partial charge in [-0.25, -0.2) is 0 Å². The van der Waals surface area contributed by atoms with Crippen LogP contribution in [0.25, 0.3) is 11.3 Å². The van der Waals surface area contributed by atoms with Crippen molar-refractivity contribution >= 4 is 0 Å². The molecule has 0 atom stereocenters. The van der Waals surface area contributed by atoms with E-state index in [1.165, 1.54) is 0 Å². The van der Waals surface area contributed by atoms with Crippen molar-refractivity contribution in [3.63, 3.8) is 0 Å². The predicted octanol–water partition coefficient (Wildman–Crippen LogP) is 1.37. The molecule has 2 N–H and O–H groups in total. The zero-order valence-electron chi connectivity index (χ0n) is 6.91. The van der Waals surface area contributed by atoms with E-state index in [1.807, 2.05) is 30.5 Å². The summed E-state index contributed by atoms with van der Waals surface area (Å²) in [6.45, 7) is 0. The lowest BCUT2D eigenvalue weighted by Crippen LogP contribution is -1.98. The fraction of sp³-hybridized carbons (Fsp3) is 0. The minimum atomic E-state index is 0.673. The summed E-state index contributed by atoms with van der Waals surface area (Å²) in [5.41, 5.74) is 2.67. The molecular weight excluding hydrogens is 162 g/mol. The summed E-state index contributed by atoms with van der Waals surface area (Å²) >= 11 is 0. The van der Waals surface area contributed by atoms with E-state index in [4.69, 9.17) is 5.26 Å². The van der Waals surface area contributed by atoms with Gasteiger partial charge in [0.1, 0.15) is 5.69 Å². The van der Waals surface area contributed by atoms with Crippen molar-refractivity contribution in [1.82, 2.24) is 5.10 Å². The molecule has 1 heterocycles. The van der Waals surface area contributed by atoms with E-state index in [2.05, 4.69) is 16.3 Å². The smallest absolute Gasteiger partial charge is 0.192 e. The van der Waals surface area contributed by atoms with Gasteiger partial charge in [-0.2, -0.15) is 10.4 Å². The Hall–Kier alpha value is -2.08. The van der Waals surface area contributed by atoms with Gasteiger partial charge in [-0.05, 0) is 12.1 Å². The molecule has 0 amide bonds. The van der Waals surface area contributed by atoms with Gasteiger partial charge in [0.05, 0.1) is 11.6 Å². The Labute approximate surface area is 75.6 Å². The molecule has 13 heavy (non-hydrogen) atoms. The van der Waals surface area contributed by atoms with Crippen LogP contribution in [0.15, 0.2) is 36.5 Å². The first kappa shape index (κ1) is 7.56. The molecule has 0 aliphatic carbocycles. The van der Waals surface area contributed by atoms with Gasteiger partial charge in [0.15, 0.2) is 6.20 Å². The third-order valence-electron chi connectivity index (χ3n) is 1.84. The molecule has 0 aliphatic rings. The number of H-pyrrole nitrogens is 2. The number of aromatic amines is 2. The fourth-order valence-electron chi connectivity index (χ4n) is 1.21. The molecule has 62 valence electrons. The number of nitriles is 1. The second-order valence-electron chi connectivity index (χ2n) is 2.71. The molecular formula is C10H8N3+. The quantitative estimate of drug-likeness (QED) is 0.690. The summed E-state index contributed by atoms with van der Waals surface area (Å²) < 4.78 is 0. The first-order valence-electron chi connectivity index (χ1n) is 3.96. The maximum absolute atomic E-state index is 8.69. The summed E-state index contributed by atoms with van der Waals surface area (Å²) in [4.78, 5) is 0. The molecule has 3 heteroatoms. The van der Waals surface area contributed by atoms with Crippen molar-refractivity contribution in [3.8, 4) is 17.3 Å². The van der Waals surface area contributed by atoms with Crippen LogP contribution in [0.5, 0.6) is 0 Å². The normalized spacial score (nSPS) is 9.46. The highest BCUT2D eigenvalue weighted by Gasteiger charge is 2.01. The van der Waals surface area contributed by atoms with Crippen molar-refractivity contribution in [3.05, 3.63) is 42.1 Å². The van der Waals surface area contributed by atoms with Crippen LogP contribution >= 0.6 is 0 Å². The molecule has 0 saturated carbocycles. The lowest BCUT2D eigenvalue weighted by molar-refractivity contribution is -0.448. The van der Waals surface area contributed by atoms with Crippen molar-refractivity contribution in [1.29, 1.82) is 5.26 Å². The van der Waals surface area contributed by atoms with Gasteiger partial charge < -0.3 is 0 Å². The highest BCUT2D eigenvalue weighted by atomic mass is 15.1. The number of hydrogen-bond acceptors (Lipinski definition) is 1. The summed E-state index contributed by atoms with van der Waals surface area (Å²) in [7, 11) is 0. The average Bonchev–Trinajstić information content (AvgIpc) is 2.71. The van der Waals surface area contributed by atoms with Gasteiger partial charge in [-0.1, -0.05) is 12.1 Å². The molecule has 0 radical (unpaired) electrons. The van der Waals surface area contributed by atoms with Gasteiger partial charge >= 0.3 is 0 Å². The van der Waals surface area contributed by atoms with Crippen LogP contribution in [-0.2, 0) is 0 Å². The zero-order valence-corrected chi connectivity index (χ0v) is 6.91. The molecule has 0 bridgehead atoms. The van der Waals surface area contributed by atoms with Crippen molar-refractivity contribution in [2.45, 2.75) is 0 Å². The maximum atomic E-state index is 8.69. The van der Waals surface area contributed by atoms with Crippen LogP contribution in [0, 0.1) is 11.3 Å². The van der Waals surface area contributed by atoms with Crippen molar-refractivity contribution in [2.24, 2.45) is 0 Å². The molecule has 2 rings (SSSR count). The first-order valence-corrected chi connectivity index (χ1v) is 3.96. The minimum Gasteiger partial charge on any atom is -0.192 e. The van der Waals surface area contributed by atoms with Crippen LogP contribution in [-0.4, -0.2) is 5.10 Å². The van der Waals surface area contributed by atoms with Crippen LogP contribution in [0.1, 0.15) is 5.56 Å². The highest BCUT2D eigenvalue weighted by molar-refractivity contribution is 5.60. The molecule has 0 spiro atoms. The highest BCUT2D eigenvalue weighted by Crippen LogP contribution is 2.15. The van der Waals surface area contributed by atoms with Gasteiger partial charge in [0.25, 0.3) is 0 Å². The Bertz CT molecular complexity index is 437. The van der Waals surface area contributed by atoms with Crippen molar-refractivity contribution < 1.29 is 5.10 Å². The van der Waals surface area contributed by atoms with E-state index in [-0.39, 0.29) is 0 Å². The van der Waals surface area contributed by atoms with Gasteiger partial charge in [0, 0.05) is 11.6 Å². The van der Waals surface area contributed by atoms with Crippen LogP contribution in [0.3, 0.4) is 0 Å². The maximum Gasteiger partial charge on any atom is 0.193 e. The molecule has 1 aromatic heterocycles. The molecule has 0 aliphatic heterocycles. The predicted molar refractivity (Wildman–Crippen MR) is 47.5 cm³/mol. The Balaban J connectivity index is 2.49. The molecule has 3 nitrogen and oxygen atoms in total. The van der Waals surface area contributed by atoms with Crippen LogP contribution < -0.4 is 5.10 Å². The number of aromatic nitrogens is 2. The average molecular weight is 170 g/mol. The minimum absolute atomic E-state index is 0.673. The second kappa shape index (κ2) is 3.11. The Morgan fingerprint density at radius 2 is 2.23 bits per heavy atom. The topological polar surface area (TPSA) is 53.7 Å². The standard InChI is InChI=1S/C10H7N3/c11-7-8-2-1-3-9(6-8)10-4-5-12-13-10/h1-6H,(H,12,13)/p+1. The van der Waals surface area contributed by atoms with Crippen molar-refractivity contribution in [2.75, 3.05) is 0 Å². The SMILES string of the molecule is N#Cc1cccc(-c2cc[nH+][nH]2)c1. The Morgan fingerprint density at radius 1 is 1.31 bits per heavy atom. The third-order valence-corrected chi connectivity index (χ3v) is 1.84. The monoisotopic (exact) mass is 170 g/mol. The van der Waals surface area contributed by atoms with Crippen LogP contribution in [0.4, 0.5) is 0 Å². The largest absolute Gasteiger partial charge is 0.193 e. The first-order chi connectivity index (χ1) is 6.40. The fourth-order valence-corrected chi connectivity index (χ4v) is 1.21. The summed E-state index contributed by atoms with van der Waals surface area (Å²) in [6.07, 6.45) is 1.81. The molecule has 1 aromatic carbocycles. The summed E-state index contributed by atoms with van der Waals surface area (Å²) in [5, 5.41) is 14.5. The summed E-state index contributed by atoms with van der Waals surface area (Å²) in [6, 6.07) is 11.5. The summed E-state index contributed by atoms with van der Waals surface area (Å²) in [5.74, 6) is 0. The zero-order chi connectivity index (χ0) is 9.10. The Morgan fingerprint density at radius 3 is 2.92 bits per heavy atom. The van der Waals surface area contributed by atoms with E-state index < -0.39 is 0 Å². The molecule has 0 fully saturated rings. The molecule has 0 saturated heterocycles. The van der Waals surface area contributed by atoms with Gasteiger partial charge in [0.2, 0.25) is 0 Å². The van der Waals surface area contributed by atoms with Gasteiger partial charge in [-0.3, -0.25) is 0 Å². The number of nitrogens with one attached hydrogen (secondary N) is 2. The Kier molecular flexibility index (Phi) is 1.81. The van der Waals surface area contributed by atoms with E-state index in [0.717, 1.165) is 11.3 Å². The lowest BCUT2D eigenvalue weighted by atomic mass is 10.1. The number of hydrogen-bond donors (Lipinski definition) is 1. The van der Waals surface area contributed by atoms with E-state index in [0.29, 0.717) is 5.56 Å². The molecule has 0 unspecified atom stereocenters. The van der Waals surface area contributed by atoms with Gasteiger partial charge in [-0.15, -0.1) is 5.10 Å². The lowest BCUT2D eigenvalue weighted by Gasteiger charge is -1.94. The number of rotatable bonds is 1. The third kappa shape index (κ3) is 1.42. The van der Waals surface area contributed by atoms with E-state index >= 15 is 0 Å². The second-order valence-corrected chi connectivity index (χ2v) is 2.71. The van der Waals surface area contributed by atoms with Crippen LogP contribution in [0.2, 0.25) is 0 Å². The number of nitrogens with zero attached hydrogens (tertiary/aromatic N) is 1. The van der Waals surface area contributed by atoms with E-state index in [9.17, 15) is 0 Å². The molecule has 2 aromatic rings.